The van der Waals surface area contributed by atoms with Gasteiger partial charge in [-0.15, -0.1) is 0 Å². The fourth-order valence-electron chi connectivity index (χ4n) is 1.42. The first-order chi connectivity index (χ1) is 9.29. The summed E-state index contributed by atoms with van der Waals surface area (Å²) in [6.45, 7) is 2.45. The number of furan rings is 1. The fraction of sp³-hybridized carbons (Fsp3) is 0.583. The van der Waals surface area contributed by atoms with Crippen LogP contribution in [0.2, 0.25) is 0 Å². The first kappa shape index (κ1) is 15.6. The lowest BCUT2D eigenvalue weighted by Crippen LogP contribution is -2.30. The van der Waals surface area contributed by atoms with Crippen LogP contribution < -0.4 is 11.3 Å². The Hall–Kier alpha value is -1.41. The predicted octanol–water partition coefficient (Wildman–Crippen LogP) is 0.453. The zero-order valence-corrected chi connectivity index (χ0v) is 11.0. The molecule has 0 radical (unpaired) electrons. The maximum atomic E-state index is 11.3. The van der Waals surface area contributed by atoms with Crippen LogP contribution in [0.4, 0.5) is 0 Å². The molecule has 0 aliphatic heterocycles. The van der Waals surface area contributed by atoms with E-state index < -0.39 is 5.91 Å². The number of nitrogen functional groups attached to an aromatic ring is 1. The Kier molecular flexibility index (Phi) is 7.83. The van der Waals surface area contributed by atoms with Crippen molar-refractivity contribution in [2.75, 3.05) is 33.5 Å². The minimum absolute atomic E-state index is 0.206. The van der Waals surface area contributed by atoms with Gasteiger partial charge in [-0.2, -0.15) is 0 Å². The molecule has 7 nitrogen and oxygen atoms in total. The molecule has 1 heterocycles. The number of methoxy groups -OCH3 is 1. The maximum Gasteiger partial charge on any atom is 0.268 e. The van der Waals surface area contributed by atoms with E-state index in [0.717, 1.165) is 6.42 Å². The van der Waals surface area contributed by atoms with Crippen LogP contribution in [0.5, 0.6) is 0 Å². The van der Waals surface area contributed by atoms with E-state index in [2.05, 4.69) is 0 Å². The average molecular weight is 272 g/mol. The summed E-state index contributed by atoms with van der Waals surface area (Å²) in [4.78, 5) is 11.3. The zero-order chi connectivity index (χ0) is 13.9. The second kappa shape index (κ2) is 9.51. The fourth-order valence-corrected chi connectivity index (χ4v) is 1.42. The Morgan fingerprint density at radius 2 is 2.11 bits per heavy atom. The Labute approximate surface area is 112 Å². The van der Waals surface area contributed by atoms with Crippen LogP contribution in [0, 0.1) is 0 Å². The maximum absolute atomic E-state index is 11.3. The Bertz CT molecular complexity index is 367. The molecule has 0 saturated heterocycles. The van der Waals surface area contributed by atoms with Gasteiger partial charge in [-0.25, -0.2) is 5.84 Å². The van der Waals surface area contributed by atoms with Crippen molar-refractivity contribution in [3.63, 3.8) is 0 Å². The largest absolute Gasteiger partial charge is 0.466 e. The first-order valence-corrected chi connectivity index (χ1v) is 6.01. The van der Waals surface area contributed by atoms with E-state index >= 15 is 0 Å². The molecule has 19 heavy (non-hydrogen) atoms. The quantitative estimate of drug-likeness (QED) is 0.278. The molecule has 0 saturated carbocycles. The number of hydrogen-bond acceptors (Lipinski definition) is 6. The van der Waals surface area contributed by atoms with Crippen LogP contribution in [-0.2, 0) is 20.8 Å². The SMILES string of the molecule is COCCCOCCOCc1occc1C(=O)NN. The number of hydrogen-bond donors (Lipinski definition) is 2. The highest BCUT2D eigenvalue weighted by molar-refractivity contribution is 5.94. The summed E-state index contributed by atoms with van der Waals surface area (Å²) < 4.78 is 20.7. The third kappa shape index (κ3) is 5.84. The molecule has 0 aliphatic rings. The molecule has 7 heteroatoms. The summed E-state index contributed by atoms with van der Waals surface area (Å²) in [5.41, 5.74) is 2.43. The molecular weight excluding hydrogens is 252 g/mol. The van der Waals surface area contributed by atoms with Crippen LogP contribution in [0.15, 0.2) is 16.7 Å². The van der Waals surface area contributed by atoms with Crippen molar-refractivity contribution >= 4 is 5.91 Å². The van der Waals surface area contributed by atoms with Crippen LogP contribution in [0.25, 0.3) is 0 Å². The van der Waals surface area contributed by atoms with Gasteiger partial charge in [0.1, 0.15) is 12.4 Å². The smallest absolute Gasteiger partial charge is 0.268 e. The Balaban J connectivity index is 2.13. The van der Waals surface area contributed by atoms with E-state index in [0.29, 0.717) is 37.8 Å². The molecule has 3 N–H and O–H groups in total. The number of nitrogens with one attached hydrogen (secondary N) is 1. The number of ether oxygens (including phenoxy) is 3. The van der Waals surface area contributed by atoms with Gasteiger partial charge in [0.2, 0.25) is 0 Å². The normalized spacial score (nSPS) is 10.6. The summed E-state index contributed by atoms with van der Waals surface area (Å²) in [7, 11) is 1.65. The third-order valence-corrected chi connectivity index (χ3v) is 2.36. The molecule has 0 atom stereocenters. The van der Waals surface area contributed by atoms with Gasteiger partial charge in [0, 0.05) is 20.3 Å². The second-order valence-electron chi connectivity index (χ2n) is 3.74. The molecule has 0 unspecified atom stereocenters. The lowest BCUT2D eigenvalue weighted by atomic mass is 10.2. The van der Waals surface area contributed by atoms with E-state index in [1.54, 1.807) is 13.2 Å². The van der Waals surface area contributed by atoms with Crippen molar-refractivity contribution in [2.45, 2.75) is 13.0 Å². The molecule has 1 rings (SSSR count). The van der Waals surface area contributed by atoms with E-state index in [9.17, 15) is 4.79 Å². The molecule has 108 valence electrons. The number of carbonyl (C=O) groups is 1. The summed E-state index contributed by atoms with van der Waals surface area (Å²) in [5, 5.41) is 0. The van der Waals surface area contributed by atoms with E-state index in [1.165, 1.54) is 6.26 Å². The van der Waals surface area contributed by atoms with Crippen molar-refractivity contribution in [1.82, 2.24) is 5.43 Å². The number of amides is 1. The molecule has 1 aromatic rings. The van der Waals surface area contributed by atoms with Crippen LogP contribution in [0.3, 0.4) is 0 Å². The third-order valence-electron chi connectivity index (χ3n) is 2.36. The summed E-state index contributed by atoms with van der Waals surface area (Å²) in [6.07, 6.45) is 2.28. The summed E-state index contributed by atoms with van der Waals surface area (Å²) in [5.74, 6) is 5.10. The highest BCUT2D eigenvalue weighted by Crippen LogP contribution is 2.11. The number of carbonyl (C=O) groups excluding carboxylic acids is 1. The van der Waals surface area contributed by atoms with Crippen LogP contribution >= 0.6 is 0 Å². The summed E-state index contributed by atoms with van der Waals surface area (Å²) in [6, 6.07) is 1.54. The molecule has 0 bridgehead atoms. The molecule has 0 fully saturated rings. The lowest BCUT2D eigenvalue weighted by Gasteiger charge is -2.05. The van der Waals surface area contributed by atoms with Crippen molar-refractivity contribution in [2.24, 2.45) is 5.84 Å². The minimum atomic E-state index is -0.400. The Morgan fingerprint density at radius 3 is 2.84 bits per heavy atom. The van der Waals surface area contributed by atoms with Gasteiger partial charge >= 0.3 is 0 Å². The summed E-state index contributed by atoms with van der Waals surface area (Å²) >= 11 is 0. The Morgan fingerprint density at radius 1 is 1.32 bits per heavy atom. The predicted molar refractivity (Wildman–Crippen MR) is 67.3 cm³/mol. The van der Waals surface area contributed by atoms with Gasteiger partial charge < -0.3 is 18.6 Å². The second-order valence-corrected chi connectivity index (χ2v) is 3.74. The lowest BCUT2D eigenvalue weighted by molar-refractivity contribution is 0.0284. The van der Waals surface area contributed by atoms with Crippen molar-refractivity contribution < 1.29 is 23.4 Å². The van der Waals surface area contributed by atoms with Gasteiger partial charge in [0.15, 0.2) is 0 Å². The average Bonchev–Trinajstić information content (AvgIpc) is 2.89. The topological polar surface area (TPSA) is 95.9 Å². The van der Waals surface area contributed by atoms with Crippen molar-refractivity contribution in [1.29, 1.82) is 0 Å². The van der Waals surface area contributed by atoms with Gasteiger partial charge in [-0.1, -0.05) is 0 Å². The number of hydrazine groups is 1. The number of nitrogens with two attached hydrogens (primary N) is 1. The van der Waals surface area contributed by atoms with Crippen molar-refractivity contribution in [3.05, 3.63) is 23.7 Å². The molecule has 1 amide bonds. The van der Waals surface area contributed by atoms with Gasteiger partial charge in [0.25, 0.3) is 5.91 Å². The van der Waals surface area contributed by atoms with E-state index in [-0.39, 0.29) is 6.61 Å². The van der Waals surface area contributed by atoms with Crippen LogP contribution in [0.1, 0.15) is 22.5 Å². The van der Waals surface area contributed by atoms with E-state index in [1.807, 2.05) is 5.43 Å². The molecule has 1 aromatic heterocycles. The number of rotatable bonds is 10. The monoisotopic (exact) mass is 272 g/mol. The first-order valence-electron chi connectivity index (χ1n) is 6.01. The highest BCUT2D eigenvalue weighted by Gasteiger charge is 2.13. The molecular formula is C12H20N2O5. The highest BCUT2D eigenvalue weighted by atomic mass is 16.5. The standard InChI is InChI=1S/C12H20N2O5/c1-16-4-2-5-17-7-8-18-9-11-10(3-6-19-11)12(15)14-13/h3,6H,2,4-5,7-9,13H2,1H3,(H,14,15). The van der Waals surface area contributed by atoms with Gasteiger partial charge in [0.05, 0.1) is 25.0 Å². The molecule has 0 aliphatic carbocycles. The zero-order valence-electron chi connectivity index (χ0n) is 11.0. The van der Waals surface area contributed by atoms with E-state index in [4.69, 9.17) is 24.5 Å². The van der Waals surface area contributed by atoms with Gasteiger partial charge in [-0.3, -0.25) is 10.2 Å². The molecule has 0 aromatic carbocycles. The molecule has 0 spiro atoms. The minimum Gasteiger partial charge on any atom is -0.466 e. The van der Waals surface area contributed by atoms with Gasteiger partial charge in [-0.05, 0) is 12.5 Å². The van der Waals surface area contributed by atoms with Crippen LogP contribution in [-0.4, -0.2) is 39.4 Å². The van der Waals surface area contributed by atoms with Crippen molar-refractivity contribution in [3.8, 4) is 0 Å².